The minimum atomic E-state index is -3.42. The van der Waals surface area contributed by atoms with Crippen molar-refractivity contribution in [2.45, 2.75) is 18.9 Å². The lowest BCUT2D eigenvalue weighted by molar-refractivity contribution is -0.124. The summed E-state index contributed by atoms with van der Waals surface area (Å²) >= 11 is 0. The van der Waals surface area contributed by atoms with Crippen molar-refractivity contribution in [3.63, 3.8) is 0 Å². The van der Waals surface area contributed by atoms with Gasteiger partial charge in [0.2, 0.25) is 5.91 Å². The molecule has 0 aromatic heterocycles. The topological polar surface area (TPSA) is 98.5 Å². The minimum absolute atomic E-state index is 0. The van der Waals surface area contributed by atoms with Crippen LogP contribution in [0.4, 0.5) is 0 Å². The van der Waals surface area contributed by atoms with Crippen molar-refractivity contribution in [3.05, 3.63) is 60.7 Å². The van der Waals surface area contributed by atoms with Crippen LogP contribution in [0.15, 0.2) is 60.7 Å². The van der Waals surface area contributed by atoms with E-state index >= 15 is 0 Å². The summed E-state index contributed by atoms with van der Waals surface area (Å²) in [7, 11) is -3.42. The molecule has 2 aromatic carbocycles. The molecule has 8 heteroatoms. The molecule has 3 N–H and O–H groups in total. The lowest BCUT2D eigenvalue weighted by Gasteiger charge is -2.20. The summed E-state index contributed by atoms with van der Waals surface area (Å²) < 4.78 is 19.4. The first-order valence-corrected chi connectivity index (χ1v) is 10.5. The van der Waals surface area contributed by atoms with Gasteiger partial charge in [0.05, 0.1) is 6.04 Å². The van der Waals surface area contributed by atoms with Gasteiger partial charge in [-0.3, -0.25) is 14.2 Å². The Labute approximate surface area is 170 Å². The van der Waals surface area contributed by atoms with Crippen molar-refractivity contribution >= 4 is 42.1 Å². The van der Waals surface area contributed by atoms with Gasteiger partial charge in [-0.2, -0.15) is 0 Å². The van der Waals surface area contributed by atoms with Gasteiger partial charge in [0.15, 0.2) is 5.78 Å². The third-order valence-electron chi connectivity index (χ3n) is 4.70. The molecule has 150 valence electrons. The molecule has 3 rings (SSSR count). The number of carbonyl (C=O) groups excluding carboxylic acids is 2. The summed E-state index contributed by atoms with van der Waals surface area (Å²) in [6, 6.07) is 16.8. The monoisotopic (exact) mass is 422 g/mol. The third-order valence-corrected chi connectivity index (χ3v) is 7.14. The second-order valence-corrected chi connectivity index (χ2v) is 8.98. The van der Waals surface area contributed by atoms with Crippen molar-refractivity contribution in [1.82, 2.24) is 5.32 Å². The number of halogens is 1. The zero-order valence-corrected chi connectivity index (χ0v) is 17.0. The SMILES string of the molecule is Cl.N[C@@H](C[C@@H]1CCNC1=O)C(=O)COP(=O)(c1ccccc1)c1ccccc1. The smallest absolute Gasteiger partial charge is 0.261 e. The number of hydrogen-bond acceptors (Lipinski definition) is 5. The molecule has 28 heavy (non-hydrogen) atoms. The van der Waals surface area contributed by atoms with Gasteiger partial charge in [-0.05, 0) is 37.1 Å². The Balaban J connectivity index is 0.00000280. The van der Waals surface area contributed by atoms with E-state index in [4.69, 9.17) is 10.3 Å². The summed E-state index contributed by atoms with van der Waals surface area (Å²) in [5.74, 6) is -0.681. The van der Waals surface area contributed by atoms with Crippen LogP contribution in [0.5, 0.6) is 0 Å². The van der Waals surface area contributed by atoms with Crippen molar-refractivity contribution in [2.24, 2.45) is 11.7 Å². The van der Waals surface area contributed by atoms with Crippen LogP contribution in [0.25, 0.3) is 0 Å². The van der Waals surface area contributed by atoms with E-state index in [0.717, 1.165) is 0 Å². The quantitative estimate of drug-likeness (QED) is 0.632. The van der Waals surface area contributed by atoms with Gasteiger partial charge in [0, 0.05) is 23.1 Å². The third kappa shape index (κ3) is 5.09. The number of hydrogen-bond donors (Lipinski definition) is 2. The fraction of sp³-hybridized carbons (Fsp3) is 0.300. The van der Waals surface area contributed by atoms with E-state index in [0.29, 0.717) is 23.6 Å². The van der Waals surface area contributed by atoms with Crippen LogP contribution in [0.1, 0.15) is 12.8 Å². The lowest BCUT2D eigenvalue weighted by Crippen LogP contribution is -2.37. The van der Waals surface area contributed by atoms with E-state index in [1.807, 2.05) is 12.1 Å². The predicted octanol–water partition coefficient (Wildman–Crippen LogP) is 1.78. The average Bonchev–Trinajstić information content (AvgIpc) is 3.11. The molecule has 0 saturated carbocycles. The van der Waals surface area contributed by atoms with Gasteiger partial charge in [-0.25, -0.2) is 0 Å². The number of nitrogens with two attached hydrogens (primary N) is 1. The highest BCUT2D eigenvalue weighted by Crippen LogP contribution is 2.44. The van der Waals surface area contributed by atoms with E-state index in [1.165, 1.54) is 0 Å². The van der Waals surface area contributed by atoms with Crippen molar-refractivity contribution in [2.75, 3.05) is 13.2 Å². The molecule has 0 bridgehead atoms. The Kier molecular flexibility index (Phi) is 7.96. The summed E-state index contributed by atoms with van der Waals surface area (Å²) in [4.78, 5) is 24.1. The zero-order chi connectivity index (χ0) is 19.3. The number of Topliss-reactive ketones (excluding diaryl/α,β-unsaturated/α-hetero) is 1. The molecule has 6 nitrogen and oxygen atoms in total. The minimum Gasteiger partial charge on any atom is -0.356 e. The van der Waals surface area contributed by atoms with Crippen LogP contribution in [0.3, 0.4) is 0 Å². The molecular weight excluding hydrogens is 399 g/mol. The van der Waals surface area contributed by atoms with Gasteiger partial charge in [0.1, 0.15) is 6.61 Å². The van der Waals surface area contributed by atoms with Crippen LogP contribution in [0, 0.1) is 5.92 Å². The van der Waals surface area contributed by atoms with E-state index in [9.17, 15) is 14.2 Å². The molecule has 0 aliphatic carbocycles. The van der Waals surface area contributed by atoms with E-state index < -0.39 is 13.4 Å². The maximum Gasteiger partial charge on any atom is 0.261 e. The summed E-state index contributed by atoms with van der Waals surface area (Å²) in [5.41, 5.74) is 5.97. The molecule has 1 saturated heterocycles. The van der Waals surface area contributed by atoms with Crippen LogP contribution in [0.2, 0.25) is 0 Å². The summed E-state index contributed by atoms with van der Waals surface area (Å²) in [6.45, 7) is 0.245. The largest absolute Gasteiger partial charge is 0.356 e. The van der Waals surface area contributed by atoms with Crippen molar-refractivity contribution < 1.29 is 18.7 Å². The van der Waals surface area contributed by atoms with E-state index in [1.54, 1.807) is 48.5 Å². The highest BCUT2D eigenvalue weighted by Gasteiger charge is 2.32. The highest BCUT2D eigenvalue weighted by molar-refractivity contribution is 7.74. The number of rotatable bonds is 8. The zero-order valence-electron chi connectivity index (χ0n) is 15.3. The Morgan fingerprint density at radius 1 is 1.11 bits per heavy atom. The van der Waals surface area contributed by atoms with Crippen molar-refractivity contribution in [3.8, 4) is 0 Å². The Morgan fingerprint density at radius 3 is 2.11 bits per heavy atom. The average molecular weight is 423 g/mol. The van der Waals surface area contributed by atoms with Crippen molar-refractivity contribution in [1.29, 1.82) is 0 Å². The number of amides is 1. The molecule has 1 amide bonds. The first-order valence-electron chi connectivity index (χ1n) is 8.92. The fourth-order valence-corrected chi connectivity index (χ4v) is 5.15. The van der Waals surface area contributed by atoms with Crippen LogP contribution in [-0.4, -0.2) is 30.9 Å². The number of nitrogens with one attached hydrogen (secondary N) is 1. The molecule has 2 atom stereocenters. The molecule has 0 spiro atoms. The second-order valence-electron chi connectivity index (χ2n) is 6.58. The van der Waals surface area contributed by atoms with Gasteiger partial charge in [0.25, 0.3) is 7.37 Å². The Hall–Kier alpha value is -1.98. The molecule has 0 radical (unpaired) electrons. The Morgan fingerprint density at radius 2 is 1.64 bits per heavy atom. The second kappa shape index (κ2) is 9.99. The molecule has 0 unspecified atom stereocenters. The maximum atomic E-state index is 13.7. The van der Waals surface area contributed by atoms with Crippen LogP contribution < -0.4 is 21.7 Å². The Bertz CT molecular complexity index is 804. The standard InChI is InChI=1S/C20H23N2O4P.ClH/c21-18(13-15-11-12-22-20(15)24)19(23)14-26-27(25,16-7-3-1-4-8-16)17-9-5-2-6-10-17;/h1-10,15,18H,11-14,21H2,(H,22,24);1H/t15-,18-;/m0./s1. The molecule has 1 aliphatic rings. The van der Waals surface area contributed by atoms with Gasteiger partial charge in [-0.1, -0.05) is 36.4 Å². The first kappa shape index (κ1) is 22.3. The molecule has 1 aliphatic heterocycles. The molecular formula is C20H24ClN2O4P. The molecule has 1 fully saturated rings. The maximum absolute atomic E-state index is 13.7. The lowest BCUT2D eigenvalue weighted by atomic mass is 9.97. The molecule has 1 heterocycles. The molecule has 2 aromatic rings. The summed E-state index contributed by atoms with van der Waals surface area (Å²) in [6.07, 6.45) is 0.947. The fourth-order valence-electron chi connectivity index (χ4n) is 3.12. The number of benzene rings is 2. The number of ketones is 1. The number of carbonyl (C=O) groups is 2. The van der Waals surface area contributed by atoms with E-state index in [2.05, 4.69) is 5.32 Å². The first-order chi connectivity index (χ1) is 13.0. The van der Waals surface area contributed by atoms with Gasteiger partial charge < -0.3 is 15.6 Å². The van der Waals surface area contributed by atoms with Crippen LogP contribution >= 0.6 is 19.8 Å². The van der Waals surface area contributed by atoms with Crippen LogP contribution in [-0.2, 0) is 18.7 Å². The van der Waals surface area contributed by atoms with E-state index in [-0.39, 0.29) is 43.0 Å². The van der Waals surface area contributed by atoms with Gasteiger partial charge in [-0.15, -0.1) is 12.4 Å². The summed E-state index contributed by atoms with van der Waals surface area (Å²) in [5, 5.41) is 3.77. The highest BCUT2D eigenvalue weighted by atomic mass is 35.5. The predicted molar refractivity (Wildman–Crippen MR) is 112 cm³/mol. The van der Waals surface area contributed by atoms with Gasteiger partial charge >= 0.3 is 0 Å². The normalized spacial score (nSPS) is 17.5.